The smallest absolute Gasteiger partial charge is 0.327 e. The van der Waals surface area contributed by atoms with Gasteiger partial charge in [-0.15, -0.1) is 0 Å². The van der Waals surface area contributed by atoms with E-state index >= 15 is 0 Å². The number of piperidine rings is 1. The molecule has 1 aliphatic rings. The summed E-state index contributed by atoms with van der Waals surface area (Å²) in [6.07, 6.45) is 1.75. The molecule has 4 aromatic rings. The number of hydrogen-bond acceptors (Lipinski definition) is 11. The van der Waals surface area contributed by atoms with Crippen LogP contribution in [-0.4, -0.2) is 57.5 Å². The second kappa shape index (κ2) is 13.2. The normalized spacial score (nSPS) is 14.9. The number of β-amino-alcohol motifs (C(OH)–C–C–N with tert-alkyl or cyclic N) is 1. The average molecular weight is 559 g/mol. The lowest BCUT2D eigenvalue weighted by Crippen LogP contribution is -2.39. The molecular formula is C28H30N8O5. The largest absolute Gasteiger partial charge is 0.387 e. The summed E-state index contributed by atoms with van der Waals surface area (Å²) in [5, 5.41) is 22.8. The Balaban J connectivity index is 1.28. The van der Waals surface area contributed by atoms with Crippen molar-refractivity contribution in [3.8, 4) is 34.3 Å². The number of carbonyl (C=O) groups is 1. The Bertz CT molecular complexity index is 1490. The summed E-state index contributed by atoms with van der Waals surface area (Å²) >= 11 is 0. The van der Waals surface area contributed by atoms with Crippen LogP contribution in [0.25, 0.3) is 44.7 Å². The fourth-order valence-electron chi connectivity index (χ4n) is 4.99. The van der Waals surface area contributed by atoms with Crippen LogP contribution >= 0.6 is 0 Å². The van der Waals surface area contributed by atoms with Gasteiger partial charge in [0.2, 0.25) is 5.82 Å². The molecule has 0 spiro atoms. The predicted molar refractivity (Wildman–Crippen MR) is 147 cm³/mol. The third kappa shape index (κ3) is 6.61. The summed E-state index contributed by atoms with van der Waals surface area (Å²) in [7, 11) is 0. The van der Waals surface area contributed by atoms with E-state index < -0.39 is 6.10 Å². The molecule has 0 radical (unpaired) electrons. The minimum atomic E-state index is -0.692. The van der Waals surface area contributed by atoms with Crippen LogP contribution in [0.15, 0.2) is 68.8 Å². The molecule has 2 aromatic carbocycles. The van der Waals surface area contributed by atoms with Crippen LogP contribution in [0.5, 0.6) is 0 Å². The minimum Gasteiger partial charge on any atom is -0.387 e. The molecule has 0 aliphatic carbocycles. The van der Waals surface area contributed by atoms with Gasteiger partial charge in [-0.05, 0) is 49.9 Å². The van der Waals surface area contributed by atoms with E-state index in [1.807, 2.05) is 54.6 Å². The molecule has 0 amide bonds. The molecule has 1 unspecified atom stereocenters. The zero-order valence-corrected chi connectivity index (χ0v) is 22.3. The molecule has 1 atom stereocenters. The van der Waals surface area contributed by atoms with E-state index in [1.54, 1.807) is 0 Å². The van der Waals surface area contributed by atoms with Crippen LogP contribution < -0.4 is 5.90 Å². The maximum atomic E-state index is 11.6. The van der Waals surface area contributed by atoms with Gasteiger partial charge in [0.15, 0.2) is 11.5 Å². The summed E-state index contributed by atoms with van der Waals surface area (Å²) in [5.74, 6) is 5.62. The fourth-order valence-corrected chi connectivity index (χ4v) is 4.99. The molecule has 13 nitrogen and oxygen atoms in total. The molecule has 1 saturated heterocycles. The van der Waals surface area contributed by atoms with Gasteiger partial charge in [-0.2, -0.15) is 10.9 Å². The molecular weight excluding hydrogens is 528 g/mol. The minimum absolute atomic E-state index is 0.191. The number of hydrogen-bond donors (Lipinski definition) is 2. The quantitative estimate of drug-likeness (QED) is 0.0873. The SMILES string of the molecule is [N-]=[N+]=NCCCc1c(-c2nc(-c3ccc(C(O)CN4CCC(C(=O)ON)CC4)cc3)no2)noc1-c1ccccc1. The van der Waals surface area contributed by atoms with E-state index in [0.717, 1.165) is 16.7 Å². The fraction of sp³-hybridized carbons (Fsp3) is 0.357. The summed E-state index contributed by atoms with van der Waals surface area (Å²) in [6.45, 7) is 2.16. The van der Waals surface area contributed by atoms with E-state index in [0.29, 0.717) is 74.7 Å². The number of carbonyl (C=O) groups excluding carboxylic acids is 1. The molecule has 5 rings (SSSR count). The first-order valence-electron chi connectivity index (χ1n) is 13.4. The zero-order valence-electron chi connectivity index (χ0n) is 22.3. The predicted octanol–water partition coefficient (Wildman–Crippen LogP) is 4.46. The molecule has 13 heteroatoms. The van der Waals surface area contributed by atoms with Gasteiger partial charge in [-0.25, -0.2) is 0 Å². The Morgan fingerprint density at radius 3 is 2.59 bits per heavy atom. The maximum Gasteiger partial charge on any atom is 0.327 e. The second-order valence-corrected chi connectivity index (χ2v) is 9.84. The molecule has 1 aliphatic heterocycles. The molecule has 1 fully saturated rings. The first-order valence-corrected chi connectivity index (χ1v) is 13.4. The van der Waals surface area contributed by atoms with Gasteiger partial charge in [0.25, 0.3) is 5.89 Å². The number of rotatable bonds is 11. The van der Waals surface area contributed by atoms with Gasteiger partial charge in [0.05, 0.1) is 12.0 Å². The molecule has 41 heavy (non-hydrogen) atoms. The molecule has 3 heterocycles. The van der Waals surface area contributed by atoms with Gasteiger partial charge in [0, 0.05) is 34.7 Å². The van der Waals surface area contributed by atoms with Crippen molar-refractivity contribution in [2.24, 2.45) is 16.9 Å². The number of nitrogens with zero attached hydrogens (tertiary/aromatic N) is 7. The number of nitrogens with two attached hydrogens (primary N) is 1. The molecule has 0 bridgehead atoms. The van der Waals surface area contributed by atoms with Gasteiger partial charge in [0.1, 0.15) is 0 Å². The molecule has 2 aromatic heterocycles. The number of likely N-dealkylation sites (tertiary alicyclic amines) is 1. The first kappa shape index (κ1) is 28.0. The highest BCUT2D eigenvalue weighted by molar-refractivity contribution is 5.72. The van der Waals surface area contributed by atoms with Crippen LogP contribution in [0.4, 0.5) is 0 Å². The Morgan fingerprint density at radius 1 is 1.12 bits per heavy atom. The summed E-state index contributed by atoms with van der Waals surface area (Å²) in [6, 6.07) is 16.9. The number of aliphatic hydroxyl groups is 1. The van der Waals surface area contributed by atoms with Crippen LogP contribution in [-0.2, 0) is 16.1 Å². The summed E-state index contributed by atoms with van der Waals surface area (Å²) in [4.78, 5) is 25.5. The van der Waals surface area contributed by atoms with Crippen LogP contribution in [0.3, 0.4) is 0 Å². The van der Waals surface area contributed by atoms with E-state index in [1.165, 1.54) is 0 Å². The third-order valence-electron chi connectivity index (χ3n) is 7.22. The highest BCUT2D eigenvalue weighted by atomic mass is 16.7. The van der Waals surface area contributed by atoms with Gasteiger partial charge < -0.3 is 23.9 Å². The van der Waals surface area contributed by atoms with Crippen molar-refractivity contribution in [3.63, 3.8) is 0 Å². The van der Waals surface area contributed by atoms with Gasteiger partial charge in [-0.3, -0.25) is 4.79 Å². The van der Waals surface area contributed by atoms with Crippen LogP contribution in [0, 0.1) is 5.92 Å². The van der Waals surface area contributed by atoms with E-state index in [4.69, 9.17) is 20.5 Å². The maximum absolute atomic E-state index is 11.6. The van der Waals surface area contributed by atoms with Crippen molar-refractivity contribution in [1.29, 1.82) is 0 Å². The lowest BCUT2D eigenvalue weighted by molar-refractivity contribution is -0.150. The van der Waals surface area contributed by atoms with Crippen molar-refractivity contribution < 1.29 is 23.8 Å². The monoisotopic (exact) mass is 558 g/mol. The van der Waals surface area contributed by atoms with Crippen LogP contribution in [0.1, 0.15) is 36.5 Å². The zero-order chi connectivity index (χ0) is 28.6. The number of aliphatic hydroxyl groups excluding tert-OH is 1. The highest BCUT2D eigenvalue weighted by Gasteiger charge is 2.27. The molecule has 212 valence electrons. The lowest BCUT2D eigenvalue weighted by Gasteiger charge is -2.31. The lowest BCUT2D eigenvalue weighted by atomic mass is 9.96. The van der Waals surface area contributed by atoms with Crippen molar-refractivity contribution in [1.82, 2.24) is 20.2 Å². The van der Waals surface area contributed by atoms with Gasteiger partial charge in [-0.1, -0.05) is 70.0 Å². The van der Waals surface area contributed by atoms with E-state index in [9.17, 15) is 9.90 Å². The number of azide groups is 1. The summed E-state index contributed by atoms with van der Waals surface area (Å²) in [5.41, 5.74) is 12.2. The van der Waals surface area contributed by atoms with Crippen molar-refractivity contribution in [2.45, 2.75) is 31.8 Å². The Morgan fingerprint density at radius 2 is 1.88 bits per heavy atom. The Labute approximate surface area is 235 Å². The van der Waals surface area contributed by atoms with Crippen molar-refractivity contribution >= 4 is 5.97 Å². The Hall–Kier alpha value is -4.55. The molecule has 0 saturated carbocycles. The van der Waals surface area contributed by atoms with E-state index in [2.05, 4.69) is 35.1 Å². The topological polar surface area (TPSA) is 189 Å². The second-order valence-electron chi connectivity index (χ2n) is 9.84. The number of benzene rings is 2. The summed E-state index contributed by atoms with van der Waals surface area (Å²) < 4.78 is 11.3. The average Bonchev–Trinajstić information content (AvgIpc) is 3.67. The third-order valence-corrected chi connectivity index (χ3v) is 7.22. The standard InChI is InChI=1S/C28H30N8O5/c29-35-31-14-4-7-22-24(33-40-25(22)19-5-2-1-3-6-19)27-32-26(34-41-27)20-10-8-18(9-11-20)23(37)17-36-15-12-21(13-16-36)28(38)39-30/h1-3,5-6,8-11,21,23,37H,4,7,12-17,30H2. The highest BCUT2D eigenvalue weighted by Crippen LogP contribution is 2.33. The first-order chi connectivity index (χ1) is 20.1. The Kier molecular flexibility index (Phi) is 9.02. The number of aromatic nitrogens is 3. The van der Waals surface area contributed by atoms with Crippen LogP contribution in [0.2, 0.25) is 0 Å². The van der Waals surface area contributed by atoms with Crippen molar-refractivity contribution in [2.75, 3.05) is 26.2 Å². The molecule has 3 N–H and O–H groups in total. The van der Waals surface area contributed by atoms with Crippen molar-refractivity contribution in [3.05, 3.63) is 76.2 Å². The van der Waals surface area contributed by atoms with E-state index in [-0.39, 0.29) is 17.8 Å². The van der Waals surface area contributed by atoms with Gasteiger partial charge >= 0.3 is 5.97 Å².